The second-order valence-corrected chi connectivity index (χ2v) is 2.04. The zero-order valence-corrected chi connectivity index (χ0v) is 7.17. The average Bonchev–Trinajstić information content (AvgIpc) is 2.17. The van der Waals surface area contributed by atoms with Crippen LogP contribution in [0, 0.1) is 6.92 Å². The molecule has 4 nitrogen and oxygen atoms in total. The van der Waals surface area contributed by atoms with Crippen molar-refractivity contribution in [1.29, 1.82) is 0 Å². The van der Waals surface area contributed by atoms with E-state index in [1.54, 1.807) is 0 Å². The molecule has 0 aliphatic rings. The summed E-state index contributed by atoms with van der Waals surface area (Å²) in [6.45, 7) is 2.10. The first kappa shape index (κ1) is 11.2. The molecule has 0 N–H and O–H groups in total. The maximum absolute atomic E-state index is 9.06. The highest BCUT2D eigenvalue weighted by atomic mass is 17.2. The molecule has 0 aliphatic heterocycles. The zero-order chi connectivity index (χ0) is 9.94. The Kier molecular flexibility index (Phi) is 7.09. The molecule has 13 heavy (non-hydrogen) atoms. The number of aryl methyl sites for hydroxylation is 1. The molecule has 1 aromatic carbocycles. The van der Waals surface area contributed by atoms with Crippen LogP contribution in [0.4, 0.5) is 0 Å². The van der Waals surface area contributed by atoms with Gasteiger partial charge in [0.1, 0.15) is 0 Å². The summed E-state index contributed by atoms with van der Waals surface area (Å²) in [5.41, 5.74) is 1.32. The number of carbonyl (C=O) groups excluding carboxylic acids is 2. The fourth-order valence-corrected chi connectivity index (χ4v) is 0.580. The molecule has 70 valence electrons. The van der Waals surface area contributed by atoms with Crippen molar-refractivity contribution in [3.8, 4) is 0 Å². The van der Waals surface area contributed by atoms with Crippen LogP contribution in [0.5, 0.6) is 0 Å². The third-order valence-electron chi connectivity index (χ3n) is 1.07. The zero-order valence-electron chi connectivity index (χ0n) is 7.17. The Balaban J connectivity index is 0.000000226. The number of rotatable bonds is 3. The van der Waals surface area contributed by atoms with Crippen molar-refractivity contribution in [2.75, 3.05) is 0 Å². The van der Waals surface area contributed by atoms with Gasteiger partial charge in [0.25, 0.3) is 0 Å². The quantitative estimate of drug-likeness (QED) is 0.305. The van der Waals surface area contributed by atoms with Crippen molar-refractivity contribution < 1.29 is 19.4 Å². The van der Waals surface area contributed by atoms with E-state index < -0.39 is 0 Å². The van der Waals surface area contributed by atoms with Gasteiger partial charge in [0.2, 0.25) is 0 Å². The number of carbonyl (C=O) groups is 2. The third kappa shape index (κ3) is 8.06. The number of hydrogen-bond acceptors (Lipinski definition) is 4. The van der Waals surface area contributed by atoms with Crippen LogP contribution < -0.4 is 0 Å². The van der Waals surface area contributed by atoms with Gasteiger partial charge in [-0.05, 0) is 6.92 Å². The maximum atomic E-state index is 9.06. The molecule has 0 saturated carbocycles. The van der Waals surface area contributed by atoms with E-state index in [2.05, 4.69) is 28.8 Å². The Bertz CT molecular complexity index is 225. The van der Waals surface area contributed by atoms with Crippen LogP contribution in [0.25, 0.3) is 0 Å². The Morgan fingerprint density at radius 2 is 1.46 bits per heavy atom. The maximum Gasteiger partial charge on any atom is 0.344 e. The monoisotopic (exact) mass is 182 g/mol. The predicted octanol–water partition coefficient (Wildman–Crippen LogP) is 1.24. The second-order valence-electron chi connectivity index (χ2n) is 2.04. The Hall–Kier alpha value is -1.84. The SMILES string of the molecule is Cc1ccccc1.O=COOC=O. The molecule has 0 fully saturated rings. The van der Waals surface area contributed by atoms with E-state index in [1.807, 2.05) is 18.2 Å². The van der Waals surface area contributed by atoms with Gasteiger partial charge in [-0.15, -0.1) is 0 Å². The summed E-state index contributed by atoms with van der Waals surface area (Å²) in [4.78, 5) is 25.0. The van der Waals surface area contributed by atoms with Crippen molar-refractivity contribution in [1.82, 2.24) is 0 Å². The van der Waals surface area contributed by atoms with Crippen molar-refractivity contribution >= 4 is 12.9 Å². The van der Waals surface area contributed by atoms with Gasteiger partial charge >= 0.3 is 12.9 Å². The Labute approximate surface area is 76.0 Å². The Morgan fingerprint density at radius 1 is 1.00 bits per heavy atom. The molecule has 1 rings (SSSR count). The van der Waals surface area contributed by atoms with Crippen molar-refractivity contribution in [3.05, 3.63) is 35.9 Å². The first-order chi connectivity index (χ1) is 6.31. The van der Waals surface area contributed by atoms with E-state index in [0.29, 0.717) is 0 Å². The number of benzene rings is 1. The molecule has 0 atom stereocenters. The van der Waals surface area contributed by atoms with E-state index in [4.69, 9.17) is 9.59 Å². The smallest absolute Gasteiger partial charge is 0.251 e. The van der Waals surface area contributed by atoms with E-state index in [-0.39, 0.29) is 12.9 Å². The summed E-state index contributed by atoms with van der Waals surface area (Å²) in [5.74, 6) is 0. The summed E-state index contributed by atoms with van der Waals surface area (Å²) in [5, 5.41) is 0. The molecule has 4 heteroatoms. The molecule has 0 saturated heterocycles. The van der Waals surface area contributed by atoms with Gasteiger partial charge in [-0.1, -0.05) is 35.9 Å². The number of hydrogen-bond donors (Lipinski definition) is 0. The molecule has 0 heterocycles. The van der Waals surface area contributed by atoms with Crippen molar-refractivity contribution in [2.45, 2.75) is 6.92 Å². The summed E-state index contributed by atoms with van der Waals surface area (Å²) >= 11 is 0. The minimum absolute atomic E-state index is 0.00833. The van der Waals surface area contributed by atoms with Gasteiger partial charge in [-0.2, -0.15) is 0 Å². The molecule has 0 aliphatic carbocycles. The van der Waals surface area contributed by atoms with Crippen LogP contribution in [0.3, 0.4) is 0 Å². The highest BCUT2D eigenvalue weighted by molar-refractivity contribution is 5.40. The van der Waals surface area contributed by atoms with Crippen LogP contribution in [0.2, 0.25) is 0 Å². The van der Waals surface area contributed by atoms with Crippen molar-refractivity contribution in [3.63, 3.8) is 0 Å². The topological polar surface area (TPSA) is 52.6 Å². The standard InChI is InChI=1S/C7H8.C2H2O4/c1-7-5-3-2-4-6-7;3-1-5-6-2-4/h2-6H,1H3;1-2H. The highest BCUT2D eigenvalue weighted by Crippen LogP contribution is 1.92. The lowest BCUT2D eigenvalue weighted by molar-refractivity contribution is -0.235. The molecule has 0 bridgehead atoms. The van der Waals surface area contributed by atoms with E-state index >= 15 is 0 Å². The van der Waals surface area contributed by atoms with Crippen LogP contribution in [-0.4, -0.2) is 12.9 Å². The Morgan fingerprint density at radius 3 is 1.69 bits per heavy atom. The molecular formula is C9H10O4. The van der Waals surface area contributed by atoms with Gasteiger partial charge in [0, 0.05) is 0 Å². The lowest BCUT2D eigenvalue weighted by atomic mass is 10.2. The fourth-order valence-electron chi connectivity index (χ4n) is 0.580. The molecule has 0 amide bonds. The lowest BCUT2D eigenvalue weighted by Gasteiger charge is -1.82. The van der Waals surface area contributed by atoms with Crippen LogP contribution >= 0.6 is 0 Å². The first-order valence-corrected chi connectivity index (χ1v) is 3.52. The molecule has 1 aromatic rings. The fraction of sp³-hybridized carbons (Fsp3) is 0.111. The predicted molar refractivity (Wildman–Crippen MR) is 45.5 cm³/mol. The first-order valence-electron chi connectivity index (χ1n) is 3.52. The normalized spacial score (nSPS) is 7.46. The van der Waals surface area contributed by atoms with Gasteiger partial charge in [0.05, 0.1) is 0 Å². The summed E-state index contributed by atoms with van der Waals surface area (Å²) < 4.78 is 0. The third-order valence-corrected chi connectivity index (χ3v) is 1.07. The van der Waals surface area contributed by atoms with Gasteiger partial charge in [0.15, 0.2) is 0 Å². The minimum atomic E-state index is 0.00833. The molecule has 0 unspecified atom stereocenters. The van der Waals surface area contributed by atoms with Crippen LogP contribution in [0.15, 0.2) is 30.3 Å². The lowest BCUT2D eigenvalue weighted by Crippen LogP contribution is -1.85. The van der Waals surface area contributed by atoms with E-state index in [0.717, 1.165) is 0 Å². The minimum Gasteiger partial charge on any atom is -0.251 e. The summed E-state index contributed by atoms with van der Waals surface area (Å²) in [7, 11) is 0. The summed E-state index contributed by atoms with van der Waals surface area (Å²) in [6.07, 6.45) is 0. The van der Waals surface area contributed by atoms with E-state index in [1.165, 1.54) is 5.56 Å². The van der Waals surface area contributed by atoms with E-state index in [9.17, 15) is 0 Å². The second kappa shape index (κ2) is 8.26. The molecule has 0 aromatic heterocycles. The largest absolute Gasteiger partial charge is 0.344 e. The average molecular weight is 182 g/mol. The molecular weight excluding hydrogens is 172 g/mol. The van der Waals surface area contributed by atoms with Gasteiger partial charge < -0.3 is 0 Å². The van der Waals surface area contributed by atoms with Crippen LogP contribution in [-0.2, 0) is 19.4 Å². The van der Waals surface area contributed by atoms with Crippen LogP contribution in [0.1, 0.15) is 5.56 Å². The molecule has 0 spiro atoms. The molecule has 0 radical (unpaired) electrons. The van der Waals surface area contributed by atoms with Gasteiger partial charge in [-0.3, -0.25) is 19.4 Å². The van der Waals surface area contributed by atoms with Gasteiger partial charge in [-0.25, -0.2) is 0 Å². The van der Waals surface area contributed by atoms with Crippen molar-refractivity contribution in [2.24, 2.45) is 0 Å². The highest BCUT2D eigenvalue weighted by Gasteiger charge is 1.72. The summed E-state index contributed by atoms with van der Waals surface area (Å²) in [6, 6.07) is 10.3.